The molecule has 1 heterocycles. The Morgan fingerprint density at radius 1 is 1.36 bits per heavy atom. The molecule has 1 aromatic heterocycles. The largest absolute Gasteiger partial charge is 0.508 e. The summed E-state index contributed by atoms with van der Waals surface area (Å²) in [6, 6.07) is 9.62. The number of aromatic hydroxyl groups is 1. The Morgan fingerprint density at radius 3 is 2.77 bits per heavy atom. The van der Waals surface area contributed by atoms with Crippen LogP contribution in [0.2, 0.25) is 0 Å². The molecule has 0 aliphatic heterocycles. The molecule has 0 aliphatic carbocycles. The van der Waals surface area contributed by atoms with Crippen molar-refractivity contribution < 1.29 is 5.11 Å². The lowest BCUT2D eigenvalue weighted by molar-refractivity contribution is 0.470. The zero-order valence-corrected chi connectivity index (χ0v) is 14.0. The van der Waals surface area contributed by atoms with Crippen LogP contribution in [-0.2, 0) is 5.41 Å². The van der Waals surface area contributed by atoms with Crippen LogP contribution in [0.5, 0.6) is 5.75 Å². The molecule has 1 unspecified atom stereocenters. The molecule has 0 fully saturated rings. The molecule has 1 atom stereocenters. The van der Waals surface area contributed by atoms with Crippen LogP contribution in [0.3, 0.4) is 0 Å². The second-order valence-corrected chi connectivity index (χ2v) is 6.68. The van der Waals surface area contributed by atoms with Gasteiger partial charge in [0.05, 0.1) is 0 Å². The molecule has 1 aromatic carbocycles. The summed E-state index contributed by atoms with van der Waals surface area (Å²) in [6.45, 7) is 12.4. The van der Waals surface area contributed by atoms with Crippen molar-refractivity contribution in [2.24, 2.45) is 0 Å². The second kappa shape index (κ2) is 6.80. The van der Waals surface area contributed by atoms with Crippen LogP contribution >= 0.6 is 11.3 Å². The standard InChI is InChI=1S/C20H22OS/c1-5-12-20(4,19-14-17(21)10-8-15(19)2)16(3)9-11-18-7-6-13-22-18/h5-11,13-14,21H,1,3,12H2,2,4H3/b11-9+. The summed E-state index contributed by atoms with van der Waals surface area (Å²) in [4.78, 5) is 1.20. The smallest absolute Gasteiger partial charge is 0.115 e. The summed E-state index contributed by atoms with van der Waals surface area (Å²) in [5.41, 5.74) is 2.97. The zero-order valence-electron chi connectivity index (χ0n) is 13.2. The first-order chi connectivity index (χ1) is 10.5. The van der Waals surface area contributed by atoms with Gasteiger partial charge in [0.25, 0.3) is 0 Å². The van der Waals surface area contributed by atoms with Crippen molar-refractivity contribution in [2.75, 3.05) is 0 Å². The van der Waals surface area contributed by atoms with Crippen molar-refractivity contribution in [3.8, 4) is 5.75 Å². The lowest BCUT2D eigenvalue weighted by Gasteiger charge is -2.32. The summed E-state index contributed by atoms with van der Waals surface area (Å²) >= 11 is 1.70. The predicted molar refractivity (Wildman–Crippen MR) is 97.5 cm³/mol. The summed E-state index contributed by atoms with van der Waals surface area (Å²) < 4.78 is 0. The van der Waals surface area contributed by atoms with Gasteiger partial charge in [-0.15, -0.1) is 17.9 Å². The fourth-order valence-corrected chi connectivity index (χ4v) is 3.28. The number of phenols is 1. The number of aryl methyl sites for hydroxylation is 1. The van der Waals surface area contributed by atoms with Gasteiger partial charge in [-0.1, -0.05) is 37.8 Å². The maximum atomic E-state index is 9.86. The van der Waals surface area contributed by atoms with E-state index in [4.69, 9.17) is 0 Å². The van der Waals surface area contributed by atoms with Gasteiger partial charge in [0, 0.05) is 10.3 Å². The van der Waals surface area contributed by atoms with E-state index in [0.29, 0.717) is 0 Å². The van der Waals surface area contributed by atoms with Crippen LogP contribution in [0.4, 0.5) is 0 Å². The maximum absolute atomic E-state index is 9.86. The van der Waals surface area contributed by atoms with Crippen LogP contribution < -0.4 is 0 Å². The topological polar surface area (TPSA) is 20.2 Å². The number of benzene rings is 1. The van der Waals surface area contributed by atoms with Gasteiger partial charge in [-0.3, -0.25) is 0 Å². The molecule has 2 aromatic rings. The van der Waals surface area contributed by atoms with E-state index in [2.05, 4.69) is 50.6 Å². The van der Waals surface area contributed by atoms with E-state index in [0.717, 1.165) is 23.1 Å². The average molecular weight is 310 g/mol. The Kier molecular flexibility index (Phi) is 5.04. The van der Waals surface area contributed by atoms with E-state index < -0.39 is 0 Å². The van der Waals surface area contributed by atoms with Gasteiger partial charge in [0.2, 0.25) is 0 Å². The van der Waals surface area contributed by atoms with E-state index in [1.165, 1.54) is 4.88 Å². The van der Waals surface area contributed by atoms with Gasteiger partial charge < -0.3 is 5.11 Å². The first kappa shape index (κ1) is 16.3. The second-order valence-electron chi connectivity index (χ2n) is 5.70. The third-order valence-corrected chi connectivity index (χ3v) is 4.91. The van der Waals surface area contributed by atoms with Gasteiger partial charge in [-0.25, -0.2) is 0 Å². The summed E-state index contributed by atoms with van der Waals surface area (Å²) in [5.74, 6) is 0.283. The van der Waals surface area contributed by atoms with Gasteiger partial charge in [-0.05, 0) is 59.7 Å². The number of hydrogen-bond donors (Lipinski definition) is 1. The van der Waals surface area contributed by atoms with Crippen molar-refractivity contribution >= 4 is 17.4 Å². The predicted octanol–water partition coefficient (Wildman–Crippen LogP) is 5.87. The Labute approximate surface area is 137 Å². The average Bonchev–Trinajstić information content (AvgIpc) is 3.00. The van der Waals surface area contributed by atoms with Crippen molar-refractivity contribution in [1.82, 2.24) is 0 Å². The van der Waals surface area contributed by atoms with Crippen LogP contribution in [0, 0.1) is 6.92 Å². The summed E-state index contributed by atoms with van der Waals surface area (Å²) in [7, 11) is 0. The van der Waals surface area contributed by atoms with Crippen molar-refractivity contribution in [2.45, 2.75) is 25.7 Å². The quantitative estimate of drug-likeness (QED) is 0.523. The highest BCUT2D eigenvalue weighted by molar-refractivity contribution is 7.10. The first-order valence-corrected chi connectivity index (χ1v) is 8.17. The minimum absolute atomic E-state index is 0.279. The SMILES string of the molecule is C=CCC(C)(C(=C)/C=C/c1cccs1)c1cc(O)ccc1C. The van der Waals surface area contributed by atoms with Crippen LogP contribution in [-0.4, -0.2) is 5.11 Å². The molecule has 0 saturated heterocycles. The third kappa shape index (κ3) is 3.40. The Hall–Kier alpha value is -2.06. The van der Waals surface area contributed by atoms with Gasteiger partial charge in [-0.2, -0.15) is 0 Å². The number of hydrogen-bond acceptors (Lipinski definition) is 2. The molecule has 0 bridgehead atoms. The lowest BCUT2D eigenvalue weighted by atomic mass is 9.72. The highest BCUT2D eigenvalue weighted by atomic mass is 32.1. The molecule has 0 saturated carbocycles. The first-order valence-electron chi connectivity index (χ1n) is 7.29. The number of phenolic OH excluding ortho intramolecular Hbond substituents is 1. The molecular formula is C20H22OS. The maximum Gasteiger partial charge on any atom is 0.115 e. The Bertz CT molecular complexity index is 695. The van der Waals surface area contributed by atoms with Crippen molar-refractivity contribution in [3.05, 3.63) is 82.6 Å². The van der Waals surface area contributed by atoms with E-state index in [-0.39, 0.29) is 11.2 Å². The van der Waals surface area contributed by atoms with E-state index >= 15 is 0 Å². The van der Waals surface area contributed by atoms with E-state index in [1.54, 1.807) is 17.4 Å². The highest BCUT2D eigenvalue weighted by Crippen LogP contribution is 2.39. The van der Waals surface area contributed by atoms with Gasteiger partial charge >= 0.3 is 0 Å². The van der Waals surface area contributed by atoms with Gasteiger partial charge in [0.1, 0.15) is 5.75 Å². The summed E-state index contributed by atoms with van der Waals surface area (Å²) in [6.07, 6.45) is 6.84. The minimum Gasteiger partial charge on any atom is -0.508 e. The molecule has 0 spiro atoms. The molecule has 0 aliphatic rings. The monoisotopic (exact) mass is 310 g/mol. The van der Waals surface area contributed by atoms with Crippen LogP contribution in [0.25, 0.3) is 6.08 Å². The molecular weight excluding hydrogens is 288 g/mol. The molecule has 114 valence electrons. The zero-order chi connectivity index (χ0) is 16.2. The van der Waals surface area contributed by atoms with E-state index in [1.807, 2.05) is 24.3 Å². The molecule has 1 nitrogen and oxygen atoms in total. The van der Waals surface area contributed by atoms with Crippen molar-refractivity contribution in [1.29, 1.82) is 0 Å². The Morgan fingerprint density at radius 2 is 2.14 bits per heavy atom. The molecule has 1 N–H and O–H groups in total. The fourth-order valence-electron chi connectivity index (χ4n) is 2.66. The van der Waals surface area contributed by atoms with E-state index in [9.17, 15) is 5.11 Å². The van der Waals surface area contributed by atoms with Crippen LogP contribution in [0.15, 0.2) is 66.6 Å². The number of thiophene rings is 1. The fraction of sp³-hybridized carbons (Fsp3) is 0.200. The van der Waals surface area contributed by atoms with Crippen LogP contribution in [0.1, 0.15) is 29.3 Å². The molecule has 22 heavy (non-hydrogen) atoms. The lowest BCUT2D eigenvalue weighted by Crippen LogP contribution is -2.24. The molecule has 0 amide bonds. The summed E-state index contributed by atoms with van der Waals surface area (Å²) in [5, 5.41) is 11.9. The normalized spacial score (nSPS) is 13.9. The van der Waals surface area contributed by atoms with Gasteiger partial charge in [0.15, 0.2) is 0 Å². The molecule has 0 radical (unpaired) electrons. The van der Waals surface area contributed by atoms with Crippen molar-refractivity contribution in [3.63, 3.8) is 0 Å². The number of allylic oxidation sites excluding steroid dienone is 3. The Balaban J connectivity index is 2.40. The third-order valence-electron chi connectivity index (χ3n) is 4.07. The minimum atomic E-state index is -0.279. The highest BCUT2D eigenvalue weighted by Gasteiger charge is 2.29. The molecule has 2 rings (SSSR count). The number of rotatable bonds is 6. The molecule has 2 heteroatoms.